The van der Waals surface area contributed by atoms with Crippen molar-refractivity contribution in [1.29, 1.82) is 0 Å². The lowest BCUT2D eigenvalue weighted by atomic mass is 10.2. The summed E-state index contributed by atoms with van der Waals surface area (Å²) in [5.41, 5.74) is 0. The average molecular weight is 386 g/mol. The molecule has 2 rings (SSSR count). The molecule has 0 aromatic heterocycles. The van der Waals surface area contributed by atoms with Crippen molar-refractivity contribution in [2.45, 2.75) is 6.10 Å². The topological polar surface area (TPSA) is 91.3 Å². The largest absolute Gasteiger partial charge is 0.492 e. The highest BCUT2D eigenvalue weighted by Gasteiger charge is 2.25. The number of amides is 2. The fourth-order valence-electron chi connectivity index (χ4n) is 2.65. The molecular weight excluding hydrogens is 362 g/mol. The molecule has 1 aliphatic rings. The molecule has 1 aliphatic heterocycles. The van der Waals surface area contributed by atoms with Gasteiger partial charge in [0.1, 0.15) is 12.4 Å². The van der Waals surface area contributed by atoms with Crippen molar-refractivity contribution in [3.8, 4) is 5.75 Å². The molecule has 0 bridgehead atoms. The van der Waals surface area contributed by atoms with Crippen molar-refractivity contribution in [2.75, 3.05) is 53.0 Å². The Morgan fingerprint density at radius 1 is 1.50 bits per heavy atom. The zero-order valence-corrected chi connectivity index (χ0v) is 15.4. The molecule has 26 heavy (non-hydrogen) atoms. The van der Waals surface area contributed by atoms with E-state index in [1.807, 2.05) is 0 Å². The standard InChI is InChI=1S/C17H24ClN3O5/c1-20(12-16(22)23)10-15-11-21(6-8-26-15)17(24)19-5-7-25-14-4-2-3-13(18)9-14/h2-4,9,15H,5-8,10-12H2,1H3,(H,19,24)(H,22,23). The summed E-state index contributed by atoms with van der Waals surface area (Å²) in [5.74, 6) is -0.239. The fraction of sp³-hybridized carbons (Fsp3) is 0.529. The van der Waals surface area contributed by atoms with Crippen LogP contribution < -0.4 is 10.1 Å². The Labute approximate surface area is 157 Å². The van der Waals surface area contributed by atoms with Crippen LogP contribution in [-0.2, 0) is 9.53 Å². The Balaban J connectivity index is 1.68. The zero-order valence-electron chi connectivity index (χ0n) is 14.7. The minimum Gasteiger partial charge on any atom is -0.492 e. The van der Waals surface area contributed by atoms with E-state index in [0.717, 1.165) is 0 Å². The lowest BCUT2D eigenvalue weighted by Crippen LogP contribution is -2.52. The van der Waals surface area contributed by atoms with E-state index in [2.05, 4.69) is 5.32 Å². The Kier molecular flexibility index (Phi) is 7.96. The molecule has 2 amide bonds. The van der Waals surface area contributed by atoms with Crippen molar-refractivity contribution in [3.05, 3.63) is 29.3 Å². The first-order chi connectivity index (χ1) is 12.4. The van der Waals surface area contributed by atoms with E-state index < -0.39 is 5.97 Å². The lowest BCUT2D eigenvalue weighted by Gasteiger charge is -2.34. The molecule has 1 heterocycles. The molecule has 0 radical (unpaired) electrons. The predicted molar refractivity (Wildman–Crippen MR) is 96.8 cm³/mol. The molecule has 0 aliphatic carbocycles. The van der Waals surface area contributed by atoms with Gasteiger partial charge < -0.3 is 24.8 Å². The van der Waals surface area contributed by atoms with Gasteiger partial charge >= 0.3 is 12.0 Å². The quantitative estimate of drug-likeness (QED) is 0.652. The summed E-state index contributed by atoms with van der Waals surface area (Å²) >= 11 is 5.88. The van der Waals surface area contributed by atoms with Crippen molar-refractivity contribution in [1.82, 2.24) is 15.1 Å². The predicted octanol–water partition coefficient (Wildman–Crippen LogP) is 1.15. The minimum absolute atomic E-state index is 0.0626. The molecule has 1 atom stereocenters. The van der Waals surface area contributed by atoms with Crippen LogP contribution in [0.5, 0.6) is 5.75 Å². The number of hydrogen-bond donors (Lipinski definition) is 2. The lowest BCUT2D eigenvalue weighted by molar-refractivity contribution is -0.138. The van der Waals surface area contributed by atoms with Gasteiger partial charge in [-0.05, 0) is 25.2 Å². The molecule has 1 saturated heterocycles. The van der Waals surface area contributed by atoms with Gasteiger partial charge in [-0.1, -0.05) is 17.7 Å². The molecule has 0 spiro atoms. The van der Waals surface area contributed by atoms with Crippen LogP contribution in [0.2, 0.25) is 5.02 Å². The Morgan fingerprint density at radius 3 is 3.04 bits per heavy atom. The van der Waals surface area contributed by atoms with Crippen molar-refractivity contribution in [2.24, 2.45) is 0 Å². The Hall–Kier alpha value is -2.03. The molecule has 9 heteroatoms. The second-order valence-corrected chi connectivity index (χ2v) is 6.50. The number of benzene rings is 1. The van der Waals surface area contributed by atoms with Gasteiger partial charge in [0.05, 0.1) is 25.8 Å². The van der Waals surface area contributed by atoms with Crippen molar-refractivity contribution < 1.29 is 24.2 Å². The molecule has 144 valence electrons. The molecule has 2 N–H and O–H groups in total. The number of rotatable bonds is 8. The van der Waals surface area contributed by atoms with Gasteiger partial charge in [-0.2, -0.15) is 0 Å². The first-order valence-electron chi connectivity index (χ1n) is 8.37. The summed E-state index contributed by atoms with van der Waals surface area (Å²) in [4.78, 5) is 26.3. The highest BCUT2D eigenvalue weighted by Crippen LogP contribution is 2.16. The number of aliphatic carboxylic acids is 1. The van der Waals surface area contributed by atoms with Gasteiger partial charge in [-0.25, -0.2) is 4.79 Å². The van der Waals surface area contributed by atoms with Crippen LogP contribution in [0.15, 0.2) is 24.3 Å². The van der Waals surface area contributed by atoms with E-state index in [0.29, 0.717) is 50.2 Å². The number of nitrogens with zero attached hydrogens (tertiary/aromatic N) is 2. The van der Waals surface area contributed by atoms with Gasteiger partial charge in [-0.15, -0.1) is 0 Å². The third-order valence-corrected chi connectivity index (χ3v) is 4.02. The number of urea groups is 1. The maximum atomic E-state index is 12.2. The van der Waals surface area contributed by atoms with E-state index in [4.69, 9.17) is 26.2 Å². The first kappa shape index (κ1) is 20.3. The van der Waals surface area contributed by atoms with Crippen LogP contribution in [0.25, 0.3) is 0 Å². The number of likely N-dealkylation sites (N-methyl/N-ethyl adjacent to an activating group) is 1. The third kappa shape index (κ3) is 7.07. The first-order valence-corrected chi connectivity index (χ1v) is 8.75. The molecule has 1 aromatic carbocycles. The molecule has 1 fully saturated rings. The van der Waals surface area contributed by atoms with E-state index in [1.54, 1.807) is 41.1 Å². The second kappa shape index (κ2) is 10.2. The summed E-state index contributed by atoms with van der Waals surface area (Å²) < 4.78 is 11.1. The maximum Gasteiger partial charge on any atom is 0.317 e. The number of carboxylic acid groups (broad SMARTS) is 1. The minimum atomic E-state index is -0.891. The normalized spacial score (nSPS) is 17.2. The van der Waals surface area contributed by atoms with Crippen molar-refractivity contribution >= 4 is 23.6 Å². The number of carbonyl (C=O) groups is 2. The monoisotopic (exact) mass is 385 g/mol. The summed E-state index contributed by atoms with van der Waals surface area (Å²) in [6.07, 6.45) is -0.207. The number of halogens is 1. The summed E-state index contributed by atoms with van der Waals surface area (Å²) in [6, 6.07) is 6.89. The van der Waals surface area contributed by atoms with Crippen LogP contribution in [0, 0.1) is 0 Å². The van der Waals surface area contributed by atoms with E-state index in [9.17, 15) is 9.59 Å². The number of carbonyl (C=O) groups excluding carboxylic acids is 1. The SMILES string of the molecule is CN(CC(=O)O)CC1CN(C(=O)NCCOc2cccc(Cl)c2)CCO1. The fourth-order valence-corrected chi connectivity index (χ4v) is 2.83. The molecule has 0 saturated carbocycles. The van der Waals surface area contributed by atoms with Crippen LogP contribution in [0.1, 0.15) is 0 Å². The van der Waals surface area contributed by atoms with Crippen LogP contribution in [0.4, 0.5) is 4.79 Å². The molecule has 1 unspecified atom stereocenters. The smallest absolute Gasteiger partial charge is 0.317 e. The number of nitrogens with one attached hydrogen (secondary N) is 1. The van der Waals surface area contributed by atoms with Crippen LogP contribution in [-0.4, -0.2) is 86.0 Å². The van der Waals surface area contributed by atoms with Crippen LogP contribution >= 0.6 is 11.6 Å². The molecular formula is C17H24ClN3O5. The number of morpholine rings is 1. The highest BCUT2D eigenvalue weighted by atomic mass is 35.5. The van der Waals surface area contributed by atoms with Gasteiger partial charge in [0.2, 0.25) is 0 Å². The van der Waals surface area contributed by atoms with E-state index in [1.165, 1.54) is 0 Å². The molecule has 1 aromatic rings. The maximum absolute atomic E-state index is 12.2. The number of ether oxygens (including phenoxy) is 2. The van der Waals surface area contributed by atoms with Gasteiger partial charge in [0.25, 0.3) is 0 Å². The average Bonchev–Trinajstić information content (AvgIpc) is 2.58. The van der Waals surface area contributed by atoms with Crippen LogP contribution in [0.3, 0.4) is 0 Å². The number of carboxylic acids is 1. The highest BCUT2D eigenvalue weighted by molar-refractivity contribution is 6.30. The summed E-state index contributed by atoms with van der Waals surface area (Å²) in [5, 5.41) is 12.2. The third-order valence-electron chi connectivity index (χ3n) is 3.79. The summed E-state index contributed by atoms with van der Waals surface area (Å²) in [6.45, 7) is 2.44. The van der Waals surface area contributed by atoms with Gasteiger partial charge in [-0.3, -0.25) is 9.69 Å². The number of hydrogen-bond acceptors (Lipinski definition) is 5. The van der Waals surface area contributed by atoms with E-state index >= 15 is 0 Å². The van der Waals surface area contributed by atoms with Crippen molar-refractivity contribution in [3.63, 3.8) is 0 Å². The second-order valence-electron chi connectivity index (χ2n) is 6.07. The zero-order chi connectivity index (χ0) is 18.9. The van der Waals surface area contributed by atoms with Gasteiger partial charge in [0.15, 0.2) is 0 Å². The Morgan fingerprint density at radius 2 is 2.31 bits per heavy atom. The van der Waals surface area contributed by atoms with Gasteiger partial charge in [0, 0.05) is 24.7 Å². The summed E-state index contributed by atoms with van der Waals surface area (Å²) in [7, 11) is 1.71. The molecule has 8 nitrogen and oxygen atoms in total. The van der Waals surface area contributed by atoms with E-state index in [-0.39, 0.29) is 18.7 Å². The Bertz CT molecular complexity index is 616.